The summed E-state index contributed by atoms with van der Waals surface area (Å²) in [6.45, 7) is 0. The van der Waals surface area contributed by atoms with Gasteiger partial charge in [-0.1, -0.05) is 24.3 Å². The van der Waals surface area contributed by atoms with Crippen LogP contribution in [0.25, 0.3) is 0 Å². The van der Waals surface area contributed by atoms with Crippen molar-refractivity contribution < 1.29 is 9.53 Å². The molecule has 0 bridgehead atoms. The van der Waals surface area contributed by atoms with Gasteiger partial charge in [0, 0.05) is 9.13 Å². The molecule has 1 atom stereocenters. The lowest BCUT2D eigenvalue weighted by Gasteiger charge is -2.09. The minimum Gasteiger partial charge on any atom is -0.497 e. The first-order valence-corrected chi connectivity index (χ1v) is 7.07. The second kappa shape index (κ2) is 6.53. The third-order valence-corrected chi connectivity index (χ3v) is 3.69. The van der Waals surface area contributed by atoms with E-state index in [9.17, 15) is 10.1 Å². The Morgan fingerprint density at radius 2 is 1.75 bits per heavy atom. The smallest absolute Gasteiger partial charge is 0.184 e. The third-order valence-electron chi connectivity index (χ3n) is 2.97. The number of hydrogen-bond donors (Lipinski definition) is 0. The molecule has 4 heteroatoms. The number of carbonyl (C=O) groups excluding carboxylic acids is 1. The molecule has 2 rings (SSSR count). The summed E-state index contributed by atoms with van der Waals surface area (Å²) >= 11 is 2.18. The van der Waals surface area contributed by atoms with E-state index >= 15 is 0 Å². The number of Topliss-reactive ketones (excluding diaryl/α,β-unsaturated/α-hetero) is 1. The minimum atomic E-state index is -0.791. The molecule has 0 aliphatic rings. The van der Waals surface area contributed by atoms with E-state index in [2.05, 4.69) is 28.7 Å². The number of rotatable bonds is 4. The van der Waals surface area contributed by atoms with Gasteiger partial charge in [0.2, 0.25) is 0 Å². The number of nitriles is 1. The molecule has 2 aromatic carbocycles. The van der Waals surface area contributed by atoms with Gasteiger partial charge >= 0.3 is 0 Å². The van der Waals surface area contributed by atoms with Gasteiger partial charge in [-0.3, -0.25) is 4.79 Å². The van der Waals surface area contributed by atoms with Gasteiger partial charge in [-0.15, -0.1) is 0 Å². The SMILES string of the molecule is COc1ccc(C(C#N)C(=O)c2ccc(I)cc2)cc1. The van der Waals surface area contributed by atoms with Crippen molar-refractivity contribution in [3.05, 3.63) is 63.2 Å². The summed E-state index contributed by atoms with van der Waals surface area (Å²) < 4.78 is 6.13. The zero-order valence-corrected chi connectivity index (χ0v) is 13.0. The minimum absolute atomic E-state index is 0.186. The van der Waals surface area contributed by atoms with Crippen LogP contribution in [0.4, 0.5) is 0 Å². The summed E-state index contributed by atoms with van der Waals surface area (Å²) in [5.74, 6) is -0.276. The molecule has 0 amide bonds. The Bertz CT molecular complexity index is 642. The van der Waals surface area contributed by atoms with Crippen LogP contribution in [0.15, 0.2) is 48.5 Å². The Morgan fingerprint density at radius 3 is 2.25 bits per heavy atom. The zero-order chi connectivity index (χ0) is 14.5. The molecular formula is C16H12INO2. The molecule has 100 valence electrons. The fraction of sp³-hybridized carbons (Fsp3) is 0.125. The lowest BCUT2D eigenvalue weighted by atomic mass is 9.92. The average molecular weight is 377 g/mol. The van der Waals surface area contributed by atoms with Crippen LogP contribution in [0.1, 0.15) is 21.8 Å². The van der Waals surface area contributed by atoms with E-state index in [4.69, 9.17) is 4.74 Å². The van der Waals surface area contributed by atoms with E-state index in [0.717, 1.165) is 3.57 Å². The summed E-state index contributed by atoms with van der Waals surface area (Å²) in [7, 11) is 1.58. The topological polar surface area (TPSA) is 50.1 Å². The lowest BCUT2D eigenvalue weighted by Crippen LogP contribution is -2.11. The molecule has 3 nitrogen and oxygen atoms in total. The second-order valence-electron chi connectivity index (χ2n) is 4.21. The molecule has 0 radical (unpaired) electrons. The Morgan fingerprint density at radius 1 is 1.15 bits per heavy atom. The van der Waals surface area contributed by atoms with E-state index in [1.54, 1.807) is 43.5 Å². The first kappa shape index (κ1) is 14.5. The number of carbonyl (C=O) groups is 1. The third kappa shape index (κ3) is 3.17. The lowest BCUT2D eigenvalue weighted by molar-refractivity contribution is 0.0979. The number of methoxy groups -OCH3 is 1. The zero-order valence-electron chi connectivity index (χ0n) is 10.8. The highest BCUT2D eigenvalue weighted by atomic mass is 127. The molecule has 0 fully saturated rings. The fourth-order valence-electron chi connectivity index (χ4n) is 1.86. The first-order valence-electron chi connectivity index (χ1n) is 5.99. The maximum absolute atomic E-state index is 12.4. The van der Waals surface area contributed by atoms with Crippen molar-refractivity contribution in [3.63, 3.8) is 0 Å². The van der Waals surface area contributed by atoms with E-state index < -0.39 is 5.92 Å². The Labute approximate surface area is 131 Å². The van der Waals surface area contributed by atoms with Gasteiger partial charge in [-0.25, -0.2) is 0 Å². The molecule has 1 unspecified atom stereocenters. The predicted molar refractivity (Wildman–Crippen MR) is 84.8 cm³/mol. The molecule has 0 N–H and O–H groups in total. The van der Waals surface area contributed by atoms with E-state index in [-0.39, 0.29) is 5.78 Å². The molecule has 0 aliphatic carbocycles. The summed E-state index contributed by atoms with van der Waals surface area (Å²) in [5.41, 5.74) is 1.23. The average Bonchev–Trinajstić information content (AvgIpc) is 2.49. The fourth-order valence-corrected chi connectivity index (χ4v) is 2.22. The van der Waals surface area contributed by atoms with Crippen molar-refractivity contribution in [2.75, 3.05) is 7.11 Å². The van der Waals surface area contributed by atoms with Crippen LogP contribution in [0.2, 0.25) is 0 Å². The van der Waals surface area contributed by atoms with Crippen molar-refractivity contribution >= 4 is 28.4 Å². The van der Waals surface area contributed by atoms with Gasteiger partial charge in [0.15, 0.2) is 5.78 Å². The van der Waals surface area contributed by atoms with Gasteiger partial charge in [-0.05, 0) is 52.4 Å². The maximum Gasteiger partial charge on any atom is 0.184 e. The van der Waals surface area contributed by atoms with Gasteiger partial charge < -0.3 is 4.74 Å². The van der Waals surface area contributed by atoms with Crippen LogP contribution in [0.5, 0.6) is 5.75 Å². The highest BCUT2D eigenvalue weighted by Gasteiger charge is 2.21. The quantitative estimate of drug-likeness (QED) is 0.602. The molecule has 0 spiro atoms. The highest BCUT2D eigenvalue weighted by Crippen LogP contribution is 2.23. The van der Waals surface area contributed by atoms with Crippen LogP contribution in [0.3, 0.4) is 0 Å². The first-order chi connectivity index (χ1) is 9.65. The van der Waals surface area contributed by atoms with Gasteiger partial charge in [0.05, 0.1) is 13.2 Å². The Kier molecular flexibility index (Phi) is 4.74. The second-order valence-corrected chi connectivity index (χ2v) is 5.45. The molecular weight excluding hydrogens is 365 g/mol. The Balaban J connectivity index is 2.29. The number of ether oxygens (including phenoxy) is 1. The number of ketones is 1. The van der Waals surface area contributed by atoms with Gasteiger partial charge in [-0.2, -0.15) is 5.26 Å². The van der Waals surface area contributed by atoms with Crippen molar-refractivity contribution in [1.82, 2.24) is 0 Å². The number of nitrogens with zero attached hydrogens (tertiary/aromatic N) is 1. The van der Waals surface area contributed by atoms with Crippen molar-refractivity contribution in [2.45, 2.75) is 5.92 Å². The van der Waals surface area contributed by atoms with Crippen LogP contribution < -0.4 is 4.74 Å². The summed E-state index contributed by atoms with van der Waals surface area (Å²) in [6.07, 6.45) is 0. The Hall–Kier alpha value is -1.87. The molecule has 0 saturated heterocycles. The molecule has 20 heavy (non-hydrogen) atoms. The molecule has 0 aliphatic heterocycles. The normalized spacial score (nSPS) is 11.4. The largest absolute Gasteiger partial charge is 0.497 e. The number of hydrogen-bond acceptors (Lipinski definition) is 3. The maximum atomic E-state index is 12.4. The monoisotopic (exact) mass is 377 g/mol. The summed E-state index contributed by atoms with van der Waals surface area (Å²) in [4.78, 5) is 12.4. The van der Waals surface area contributed by atoms with Crippen molar-refractivity contribution in [3.8, 4) is 11.8 Å². The number of benzene rings is 2. The standard InChI is InChI=1S/C16H12INO2/c1-20-14-8-4-11(5-9-14)15(10-18)16(19)12-2-6-13(17)7-3-12/h2-9,15H,1H3. The predicted octanol–water partition coefficient (Wildman–Crippen LogP) is 3.79. The highest BCUT2D eigenvalue weighted by molar-refractivity contribution is 14.1. The van der Waals surface area contributed by atoms with Crippen LogP contribution in [0, 0.1) is 14.9 Å². The molecule has 0 heterocycles. The van der Waals surface area contributed by atoms with Crippen molar-refractivity contribution in [1.29, 1.82) is 5.26 Å². The molecule has 0 saturated carbocycles. The van der Waals surface area contributed by atoms with Crippen LogP contribution in [-0.2, 0) is 0 Å². The summed E-state index contributed by atoms with van der Waals surface area (Å²) in [5, 5.41) is 9.29. The summed E-state index contributed by atoms with van der Waals surface area (Å²) in [6, 6.07) is 16.3. The molecule has 0 aromatic heterocycles. The van der Waals surface area contributed by atoms with E-state index in [1.807, 2.05) is 12.1 Å². The van der Waals surface area contributed by atoms with Gasteiger partial charge in [0.25, 0.3) is 0 Å². The van der Waals surface area contributed by atoms with Crippen LogP contribution >= 0.6 is 22.6 Å². The van der Waals surface area contributed by atoms with E-state index in [1.165, 1.54) is 0 Å². The molecule has 2 aromatic rings. The number of halogens is 1. The van der Waals surface area contributed by atoms with Gasteiger partial charge in [0.1, 0.15) is 11.7 Å². The van der Waals surface area contributed by atoms with E-state index in [0.29, 0.717) is 16.9 Å². The van der Waals surface area contributed by atoms with Crippen LogP contribution in [-0.4, -0.2) is 12.9 Å². The van der Waals surface area contributed by atoms with Crippen molar-refractivity contribution in [2.24, 2.45) is 0 Å².